The highest BCUT2D eigenvalue weighted by Crippen LogP contribution is 2.04. The summed E-state index contributed by atoms with van der Waals surface area (Å²) in [5, 5.41) is 3.28. The van der Waals surface area contributed by atoms with Crippen molar-refractivity contribution in [1.29, 1.82) is 0 Å². The summed E-state index contributed by atoms with van der Waals surface area (Å²) < 4.78 is 0. The standard InChI is InChI=1S/C10H21N3O/c1-9-8-11-5-7-13(9)10(14)4-6-12(2)3/h9,11H,4-8H2,1-3H3/t9-/m0/s1. The van der Waals surface area contributed by atoms with Crippen LogP contribution in [0.15, 0.2) is 0 Å². The lowest BCUT2D eigenvalue weighted by Crippen LogP contribution is -2.52. The summed E-state index contributed by atoms with van der Waals surface area (Å²) in [4.78, 5) is 15.8. The van der Waals surface area contributed by atoms with Crippen molar-refractivity contribution in [2.45, 2.75) is 19.4 Å². The fourth-order valence-electron chi connectivity index (χ4n) is 1.67. The van der Waals surface area contributed by atoms with Crippen LogP contribution in [0.3, 0.4) is 0 Å². The molecule has 1 atom stereocenters. The Morgan fingerprint density at radius 2 is 2.29 bits per heavy atom. The molecular weight excluding hydrogens is 178 g/mol. The average molecular weight is 199 g/mol. The number of rotatable bonds is 3. The van der Waals surface area contributed by atoms with Crippen LogP contribution < -0.4 is 5.32 Å². The van der Waals surface area contributed by atoms with Crippen LogP contribution in [0.25, 0.3) is 0 Å². The van der Waals surface area contributed by atoms with Gasteiger partial charge in [-0.25, -0.2) is 0 Å². The smallest absolute Gasteiger partial charge is 0.224 e. The molecule has 1 heterocycles. The molecule has 0 radical (unpaired) electrons. The van der Waals surface area contributed by atoms with Crippen molar-refractivity contribution in [2.75, 3.05) is 40.3 Å². The van der Waals surface area contributed by atoms with Crippen molar-refractivity contribution in [3.63, 3.8) is 0 Å². The van der Waals surface area contributed by atoms with Crippen LogP contribution in [0.4, 0.5) is 0 Å². The minimum absolute atomic E-state index is 0.285. The predicted octanol–water partition coefficient (Wildman–Crippen LogP) is -0.242. The first-order valence-electron chi connectivity index (χ1n) is 5.26. The average Bonchev–Trinajstić information content (AvgIpc) is 2.15. The zero-order chi connectivity index (χ0) is 10.6. The Balaban J connectivity index is 2.34. The van der Waals surface area contributed by atoms with Gasteiger partial charge in [0.25, 0.3) is 0 Å². The van der Waals surface area contributed by atoms with Crippen molar-refractivity contribution in [2.24, 2.45) is 0 Å². The van der Waals surface area contributed by atoms with Crippen molar-refractivity contribution >= 4 is 5.91 Å². The first-order chi connectivity index (χ1) is 6.61. The van der Waals surface area contributed by atoms with Gasteiger partial charge in [0.1, 0.15) is 0 Å². The summed E-state index contributed by atoms with van der Waals surface area (Å²) in [7, 11) is 3.99. The van der Waals surface area contributed by atoms with E-state index in [0.717, 1.165) is 26.2 Å². The Morgan fingerprint density at radius 3 is 2.86 bits per heavy atom. The van der Waals surface area contributed by atoms with Gasteiger partial charge >= 0.3 is 0 Å². The molecule has 0 spiro atoms. The highest BCUT2D eigenvalue weighted by Gasteiger charge is 2.22. The largest absolute Gasteiger partial charge is 0.337 e. The minimum Gasteiger partial charge on any atom is -0.337 e. The van der Waals surface area contributed by atoms with Crippen LogP contribution in [0.2, 0.25) is 0 Å². The third kappa shape index (κ3) is 3.27. The summed E-state index contributed by atoms with van der Waals surface area (Å²) in [5.74, 6) is 0.285. The zero-order valence-corrected chi connectivity index (χ0v) is 9.42. The molecule has 0 bridgehead atoms. The second-order valence-corrected chi connectivity index (χ2v) is 4.19. The highest BCUT2D eigenvalue weighted by atomic mass is 16.2. The third-order valence-corrected chi connectivity index (χ3v) is 2.59. The maximum atomic E-state index is 11.8. The Labute approximate surface area is 86.2 Å². The summed E-state index contributed by atoms with van der Waals surface area (Å²) in [6, 6.07) is 0.346. The van der Waals surface area contributed by atoms with Gasteiger partial charge < -0.3 is 15.1 Å². The number of carbonyl (C=O) groups is 1. The predicted molar refractivity (Wildman–Crippen MR) is 57.2 cm³/mol. The fraction of sp³-hybridized carbons (Fsp3) is 0.900. The molecule has 0 aromatic heterocycles. The van der Waals surface area contributed by atoms with Crippen LogP contribution in [0.5, 0.6) is 0 Å². The van der Waals surface area contributed by atoms with Gasteiger partial charge in [-0.2, -0.15) is 0 Å². The molecule has 1 rings (SSSR count). The molecule has 1 saturated heterocycles. The van der Waals surface area contributed by atoms with Gasteiger partial charge in [0.2, 0.25) is 5.91 Å². The molecule has 0 aromatic carbocycles. The van der Waals surface area contributed by atoms with E-state index in [1.54, 1.807) is 0 Å². The summed E-state index contributed by atoms with van der Waals surface area (Å²) in [5.41, 5.74) is 0. The van der Waals surface area contributed by atoms with Gasteiger partial charge in [0.05, 0.1) is 0 Å². The lowest BCUT2D eigenvalue weighted by Gasteiger charge is -2.34. The van der Waals surface area contributed by atoms with Crippen molar-refractivity contribution in [1.82, 2.24) is 15.1 Å². The van der Waals surface area contributed by atoms with Crippen LogP contribution in [0.1, 0.15) is 13.3 Å². The Hall–Kier alpha value is -0.610. The SMILES string of the molecule is C[C@H]1CNCCN1C(=O)CCN(C)C. The molecule has 1 aliphatic rings. The molecule has 1 N–H and O–H groups in total. The van der Waals surface area contributed by atoms with Gasteiger partial charge in [0.15, 0.2) is 0 Å². The molecule has 0 unspecified atom stereocenters. The van der Waals surface area contributed by atoms with Crippen LogP contribution in [-0.4, -0.2) is 62.0 Å². The highest BCUT2D eigenvalue weighted by molar-refractivity contribution is 5.76. The topological polar surface area (TPSA) is 35.6 Å². The molecule has 1 amide bonds. The summed E-state index contributed by atoms with van der Waals surface area (Å²) >= 11 is 0. The van der Waals surface area contributed by atoms with Crippen molar-refractivity contribution in [3.05, 3.63) is 0 Å². The van der Waals surface area contributed by atoms with E-state index in [4.69, 9.17) is 0 Å². The Bertz CT molecular complexity index is 194. The van der Waals surface area contributed by atoms with E-state index >= 15 is 0 Å². The van der Waals surface area contributed by atoms with E-state index in [-0.39, 0.29) is 5.91 Å². The third-order valence-electron chi connectivity index (χ3n) is 2.59. The number of hydrogen-bond donors (Lipinski definition) is 1. The van der Waals surface area contributed by atoms with Gasteiger partial charge in [-0.05, 0) is 21.0 Å². The molecule has 1 aliphatic heterocycles. The molecule has 0 aliphatic carbocycles. The number of piperazine rings is 1. The normalized spacial score (nSPS) is 22.9. The second-order valence-electron chi connectivity index (χ2n) is 4.19. The molecular formula is C10H21N3O. The number of hydrogen-bond acceptors (Lipinski definition) is 3. The van der Waals surface area contributed by atoms with Crippen LogP contribution in [0, 0.1) is 0 Å². The fourth-order valence-corrected chi connectivity index (χ4v) is 1.67. The van der Waals surface area contributed by atoms with Gasteiger partial charge in [-0.15, -0.1) is 0 Å². The van der Waals surface area contributed by atoms with Crippen LogP contribution >= 0.6 is 0 Å². The van der Waals surface area contributed by atoms with Gasteiger partial charge in [-0.1, -0.05) is 0 Å². The lowest BCUT2D eigenvalue weighted by molar-refractivity contribution is -0.134. The van der Waals surface area contributed by atoms with Crippen molar-refractivity contribution in [3.8, 4) is 0 Å². The van der Waals surface area contributed by atoms with E-state index in [9.17, 15) is 4.79 Å². The maximum absolute atomic E-state index is 11.8. The quantitative estimate of drug-likeness (QED) is 0.681. The van der Waals surface area contributed by atoms with E-state index in [0.29, 0.717) is 12.5 Å². The van der Waals surface area contributed by atoms with E-state index in [1.165, 1.54) is 0 Å². The Kier molecular flexibility index (Phi) is 4.35. The summed E-state index contributed by atoms with van der Waals surface area (Å²) in [6.07, 6.45) is 0.636. The van der Waals surface area contributed by atoms with Crippen molar-refractivity contribution < 1.29 is 4.79 Å². The number of amides is 1. The molecule has 1 fully saturated rings. The Morgan fingerprint density at radius 1 is 1.57 bits per heavy atom. The zero-order valence-electron chi connectivity index (χ0n) is 9.42. The molecule has 4 nitrogen and oxygen atoms in total. The minimum atomic E-state index is 0.285. The molecule has 0 saturated carbocycles. The first kappa shape index (κ1) is 11.5. The first-order valence-corrected chi connectivity index (χ1v) is 5.26. The second kappa shape index (κ2) is 5.32. The number of carbonyl (C=O) groups excluding carboxylic acids is 1. The molecule has 82 valence electrons. The molecule has 4 heteroatoms. The monoisotopic (exact) mass is 199 g/mol. The lowest BCUT2D eigenvalue weighted by atomic mass is 10.2. The van der Waals surface area contributed by atoms with Gasteiger partial charge in [0, 0.05) is 38.6 Å². The van der Waals surface area contributed by atoms with Crippen LogP contribution in [-0.2, 0) is 4.79 Å². The van der Waals surface area contributed by atoms with E-state index in [1.807, 2.05) is 23.9 Å². The number of nitrogens with one attached hydrogen (secondary N) is 1. The maximum Gasteiger partial charge on any atom is 0.224 e. The molecule has 0 aromatic rings. The number of nitrogens with zero attached hydrogens (tertiary/aromatic N) is 2. The van der Waals surface area contributed by atoms with E-state index < -0.39 is 0 Å². The van der Waals surface area contributed by atoms with E-state index in [2.05, 4.69) is 12.2 Å². The van der Waals surface area contributed by atoms with Gasteiger partial charge in [-0.3, -0.25) is 4.79 Å². The molecule has 14 heavy (non-hydrogen) atoms. The summed E-state index contributed by atoms with van der Waals surface area (Å²) in [6.45, 7) is 5.65.